The summed E-state index contributed by atoms with van der Waals surface area (Å²) in [6, 6.07) is 0. The van der Waals surface area contributed by atoms with Gasteiger partial charge in [-0.05, 0) is 55.4 Å². The maximum atomic E-state index is 13.8. The van der Waals surface area contributed by atoms with E-state index in [1.54, 1.807) is 6.08 Å². The maximum absolute atomic E-state index is 13.8. The van der Waals surface area contributed by atoms with Crippen LogP contribution in [-0.2, 0) is 28.7 Å². The minimum absolute atomic E-state index is 0.0790. The lowest BCUT2D eigenvalue weighted by Gasteiger charge is -2.59. The number of carbonyl (C=O) groups excluding carboxylic acids is 4. The Kier molecular flexibility index (Phi) is 4.17. The summed E-state index contributed by atoms with van der Waals surface area (Å²) >= 11 is 0. The number of allylic oxidation sites excluding steroid dienone is 1. The molecular formula is C24H30O6. The lowest BCUT2D eigenvalue weighted by atomic mass is 9.43. The number of ether oxygens (including phenoxy) is 2. The summed E-state index contributed by atoms with van der Waals surface area (Å²) in [6.07, 6.45) is 6.29. The van der Waals surface area contributed by atoms with E-state index in [9.17, 15) is 19.2 Å². The molecule has 1 aliphatic heterocycles. The molecule has 0 N–H and O–H groups in total. The number of esters is 2. The zero-order valence-electron chi connectivity index (χ0n) is 18.0. The average Bonchev–Trinajstić information content (AvgIpc) is 3.21. The van der Waals surface area contributed by atoms with Gasteiger partial charge in [0.25, 0.3) is 0 Å². The zero-order valence-corrected chi connectivity index (χ0v) is 18.0. The molecule has 1 saturated heterocycles. The van der Waals surface area contributed by atoms with Crippen LogP contribution in [0, 0.1) is 34.5 Å². The first kappa shape index (κ1) is 20.0. The highest BCUT2D eigenvalue weighted by atomic mass is 16.6. The fourth-order valence-corrected chi connectivity index (χ4v) is 8.04. The quantitative estimate of drug-likeness (QED) is 0.613. The molecule has 1 spiro atoms. The van der Waals surface area contributed by atoms with Gasteiger partial charge in [-0.15, -0.1) is 0 Å². The Morgan fingerprint density at radius 1 is 1.13 bits per heavy atom. The van der Waals surface area contributed by atoms with Crippen LogP contribution in [-0.4, -0.2) is 36.2 Å². The Hall–Kier alpha value is -1.98. The monoisotopic (exact) mass is 414 g/mol. The lowest BCUT2D eigenvalue weighted by Crippen LogP contribution is -2.61. The SMILES string of the molecule is COC(=O)[C@@H]1CC2=CC(=O)CC[C@]2(C)C2C(=O)C[C@@]3(C)C(CC[C@@]34CCC(=O)O4)C21. The van der Waals surface area contributed by atoms with Gasteiger partial charge in [-0.1, -0.05) is 19.4 Å². The van der Waals surface area contributed by atoms with E-state index in [4.69, 9.17) is 9.47 Å². The van der Waals surface area contributed by atoms with E-state index in [0.29, 0.717) is 38.5 Å². The van der Waals surface area contributed by atoms with Crippen molar-refractivity contribution in [2.75, 3.05) is 7.11 Å². The molecule has 6 nitrogen and oxygen atoms in total. The van der Waals surface area contributed by atoms with Crippen molar-refractivity contribution in [2.45, 2.75) is 70.8 Å². The maximum Gasteiger partial charge on any atom is 0.309 e. The smallest absolute Gasteiger partial charge is 0.309 e. The molecule has 3 saturated carbocycles. The first-order chi connectivity index (χ1) is 14.1. The second kappa shape index (κ2) is 6.27. The number of hydrogen-bond acceptors (Lipinski definition) is 6. The molecular weight excluding hydrogens is 384 g/mol. The number of hydrogen-bond donors (Lipinski definition) is 0. The van der Waals surface area contributed by atoms with Gasteiger partial charge in [-0.25, -0.2) is 0 Å². The molecule has 162 valence electrons. The van der Waals surface area contributed by atoms with E-state index in [1.807, 2.05) is 0 Å². The van der Waals surface area contributed by atoms with Crippen LogP contribution in [0.3, 0.4) is 0 Å². The fourth-order valence-electron chi connectivity index (χ4n) is 8.04. The van der Waals surface area contributed by atoms with Crippen LogP contribution in [0.4, 0.5) is 0 Å². The predicted molar refractivity (Wildman–Crippen MR) is 106 cm³/mol. The van der Waals surface area contributed by atoms with E-state index >= 15 is 0 Å². The zero-order chi connectivity index (χ0) is 21.5. The van der Waals surface area contributed by atoms with Crippen LogP contribution in [0.2, 0.25) is 0 Å². The fraction of sp³-hybridized carbons (Fsp3) is 0.750. The number of Topliss-reactive ketones (excluding diaryl/α,β-unsaturated/α-hetero) is 1. The molecule has 6 heteroatoms. The van der Waals surface area contributed by atoms with Gasteiger partial charge in [0.05, 0.1) is 13.0 Å². The normalized spacial score (nSPS) is 47.3. The van der Waals surface area contributed by atoms with Crippen molar-refractivity contribution in [3.63, 3.8) is 0 Å². The van der Waals surface area contributed by atoms with E-state index in [0.717, 1.165) is 18.4 Å². The molecule has 30 heavy (non-hydrogen) atoms. The highest BCUT2D eigenvalue weighted by Gasteiger charge is 2.71. The standard InChI is InChI=1S/C24H30O6/c1-22-7-4-14(25)10-13(22)11-15(21(28)29-3)19-16-5-8-24(9-6-18(27)30-24)23(16,2)12-17(26)20(19)22/h10,15-16,19-20H,4-9,11-12H2,1-3H3/t15-,16?,19?,20?,22+,23+,24-/m1/s1. The first-order valence-electron chi connectivity index (χ1n) is 11.2. The molecule has 5 aliphatic rings. The van der Waals surface area contributed by atoms with Crippen molar-refractivity contribution in [3.8, 4) is 0 Å². The van der Waals surface area contributed by atoms with Crippen LogP contribution in [0.15, 0.2) is 11.6 Å². The molecule has 0 amide bonds. The molecule has 7 atom stereocenters. The Morgan fingerprint density at radius 3 is 2.57 bits per heavy atom. The molecule has 3 unspecified atom stereocenters. The van der Waals surface area contributed by atoms with Crippen LogP contribution in [0.25, 0.3) is 0 Å². The van der Waals surface area contributed by atoms with Crippen molar-refractivity contribution in [2.24, 2.45) is 34.5 Å². The Morgan fingerprint density at radius 2 is 1.90 bits per heavy atom. The molecule has 0 bridgehead atoms. The highest BCUT2D eigenvalue weighted by Crippen LogP contribution is 2.69. The van der Waals surface area contributed by atoms with Crippen molar-refractivity contribution < 1.29 is 28.7 Å². The number of methoxy groups -OCH3 is 1. The first-order valence-corrected chi connectivity index (χ1v) is 11.2. The molecule has 0 aromatic rings. The number of carbonyl (C=O) groups is 4. The van der Waals surface area contributed by atoms with Crippen molar-refractivity contribution >= 4 is 23.5 Å². The minimum atomic E-state index is -0.588. The molecule has 0 radical (unpaired) electrons. The minimum Gasteiger partial charge on any atom is -0.469 e. The van der Waals surface area contributed by atoms with Crippen molar-refractivity contribution in [1.82, 2.24) is 0 Å². The molecule has 5 rings (SSSR count). The largest absolute Gasteiger partial charge is 0.469 e. The van der Waals surface area contributed by atoms with E-state index < -0.39 is 16.9 Å². The third-order valence-corrected chi connectivity index (χ3v) is 9.55. The van der Waals surface area contributed by atoms with E-state index in [1.165, 1.54) is 7.11 Å². The molecule has 1 heterocycles. The number of rotatable bonds is 1. The van der Waals surface area contributed by atoms with Gasteiger partial charge in [0.15, 0.2) is 5.78 Å². The predicted octanol–water partition coefficient (Wildman–Crippen LogP) is 3.17. The van der Waals surface area contributed by atoms with Crippen LogP contribution < -0.4 is 0 Å². The Bertz CT molecular complexity index is 888. The van der Waals surface area contributed by atoms with Gasteiger partial charge in [0, 0.05) is 30.6 Å². The molecule has 4 aliphatic carbocycles. The number of ketones is 2. The van der Waals surface area contributed by atoms with Gasteiger partial charge >= 0.3 is 11.9 Å². The molecule has 0 aromatic heterocycles. The summed E-state index contributed by atoms with van der Waals surface area (Å²) in [4.78, 5) is 50.9. The van der Waals surface area contributed by atoms with Crippen molar-refractivity contribution in [3.05, 3.63) is 11.6 Å². The average molecular weight is 414 g/mol. The van der Waals surface area contributed by atoms with E-state index in [2.05, 4.69) is 13.8 Å². The summed E-state index contributed by atoms with van der Waals surface area (Å²) in [5, 5.41) is 0. The highest BCUT2D eigenvalue weighted by molar-refractivity contribution is 5.94. The van der Waals surface area contributed by atoms with Crippen molar-refractivity contribution in [1.29, 1.82) is 0 Å². The molecule has 0 aromatic carbocycles. The summed E-state index contributed by atoms with van der Waals surface area (Å²) < 4.78 is 11.1. The third kappa shape index (κ3) is 2.36. The second-order valence-electron chi connectivity index (χ2n) is 10.6. The van der Waals surface area contributed by atoms with Gasteiger partial charge in [0.1, 0.15) is 11.4 Å². The van der Waals surface area contributed by atoms with Gasteiger partial charge < -0.3 is 9.47 Å². The van der Waals surface area contributed by atoms with Crippen LogP contribution >= 0.6 is 0 Å². The summed E-state index contributed by atoms with van der Waals surface area (Å²) in [6.45, 7) is 4.21. The summed E-state index contributed by atoms with van der Waals surface area (Å²) in [5.41, 5.74) is -0.488. The van der Waals surface area contributed by atoms with E-state index in [-0.39, 0.29) is 46.7 Å². The summed E-state index contributed by atoms with van der Waals surface area (Å²) in [5.74, 6) is -1.00. The summed E-state index contributed by atoms with van der Waals surface area (Å²) in [7, 11) is 1.39. The third-order valence-electron chi connectivity index (χ3n) is 9.55. The second-order valence-corrected chi connectivity index (χ2v) is 10.6. The Balaban J connectivity index is 1.63. The molecule has 4 fully saturated rings. The van der Waals surface area contributed by atoms with Gasteiger partial charge in [0.2, 0.25) is 0 Å². The number of fused-ring (bicyclic) bond motifs is 6. The van der Waals surface area contributed by atoms with Gasteiger partial charge in [-0.3, -0.25) is 19.2 Å². The van der Waals surface area contributed by atoms with Crippen LogP contribution in [0.5, 0.6) is 0 Å². The van der Waals surface area contributed by atoms with Gasteiger partial charge in [-0.2, -0.15) is 0 Å². The Labute approximate surface area is 176 Å². The lowest BCUT2D eigenvalue weighted by molar-refractivity contribution is -0.181. The van der Waals surface area contributed by atoms with Crippen LogP contribution in [0.1, 0.15) is 65.2 Å². The topological polar surface area (TPSA) is 86.7 Å².